The van der Waals surface area contributed by atoms with Gasteiger partial charge in [0.15, 0.2) is 5.79 Å². The predicted octanol–water partition coefficient (Wildman–Crippen LogP) is 3.88. The molecule has 3 aliphatic rings. The van der Waals surface area contributed by atoms with Crippen molar-refractivity contribution in [1.82, 2.24) is 4.90 Å². The number of carbonyl (C=O) groups is 1. The Morgan fingerprint density at radius 3 is 2.67 bits per heavy atom. The van der Waals surface area contributed by atoms with Gasteiger partial charge in [-0.3, -0.25) is 0 Å². The van der Waals surface area contributed by atoms with E-state index in [9.17, 15) is 4.79 Å². The molecular weight excluding hydrogens is 306 g/mol. The van der Waals surface area contributed by atoms with Crippen molar-refractivity contribution < 1.29 is 19.0 Å². The molecule has 0 N–H and O–H groups in total. The van der Waals surface area contributed by atoms with Crippen LogP contribution in [0.4, 0.5) is 4.79 Å². The van der Waals surface area contributed by atoms with Crippen LogP contribution < -0.4 is 0 Å². The molecule has 1 saturated carbocycles. The third-order valence-corrected chi connectivity index (χ3v) is 5.06. The van der Waals surface area contributed by atoms with E-state index < -0.39 is 5.60 Å². The van der Waals surface area contributed by atoms with E-state index in [-0.39, 0.29) is 23.9 Å². The van der Waals surface area contributed by atoms with Gasteiger partial charge in [-0.25, -0.2) is 4.79 Å². The second-order valence-electron chi connectivity index (χ2n) is 8.29. The average molecular weight is 337 g/mol. The molecule has 0 bridgehead atoms. The fourth-order valence-electron chi connectivity index (χ4n) is 3.81. The van der Waals surface area contributed by atoms with Crippen molar-refractivity contribution in [3.05, 3.63) is 12.2 Å². The lowest BCUT2D eigenvalue weighted by molar-refractivity contribution is -0.191. The Morgan fingerprint density at radius 2 is 1.96 bits per heavy atom. The highest BCUT2D eigenvalue weighted by Gasteiger charge is 2.45. The molecule has 2 aliphatic heterocycles. The molecule has 2 atom stereocenters. The highest BCUT2D eigenvalue weighted by atomic mass is 16.7. The SMILES string of the molecule is CC(C)(C)OC(=O)N1CC=CC[C@H]([C@H]2COC3(CCCCC3)O2)C1. The zero-order chi connectivity index (χ0) is 17.2. The molecule has 5 nitrogen and oxygen atoms in total. The summed E-state index contributed by atoms with van der Waals surface area (Å²) in [6, 6.07) is 0. The Bertz CT molecular complexity index is 476. The van der Waals surface area contributed by atoms with E-state index in [4.69, 9.17) is 14.2 Å². The Morgan fingerprint density at radius 1 is 1.21 bits per heavy atom. The van der Waals surface area contributed by atoms with Gasteiger partial charge in [-0.15, -0.1) is 0 Å². The standard InChI is InChI=1S/C19H31NO4/c1-18(2,3)24-17(21)20-12-8-5-9-15(13-20)16-14-22-19(23-16)10-6-4-7-11-19/h5,8,15-16H,4,6-7,9-14H2,1-3H3/t15-,16+/m0/s1. The molecule has 0 aromatic heterocycles. The minimum absolute atomic E-state index is 0.0655. The van der Waals surface area contributed by atoms with Crippen molar-refractivity contribution >= 4 is 6.09 Å². The van der Waals surface area contributed by atoms with Crippen molar-refractivity contribution in [2.24, 2.45) is 5.92 Å². The first-order valence-corrected chi connectivity index (χ1v) is 9.32. The molecular formula is C19H31NO4. The quantitative estimate of drug-likeness (QED) is 0.681. The van der Waals surface area contributed by atoms with Gasteiger partial charge in [0, 0.05) is 31.8 Å². The maximum absolute atomic E-state index is 12.4. The Balaban J connectivity index is 1.61. The molecule has 136 valence electrons. The van der Waals surface area contributed by atoms with Gasteiger partial charge in [0.05, 0.1) is 12.7 Å². The molecule has 1 saturated heterocycles. The number of ether oxygens (including phenoxy) is 3. The smallest absolute Gasteiger partial charge is 0.410 e. The van der Waals surface area contributed by atoms with Crippen molar-refractivity contribution in [2.75, 3.05) is 19.7 Å². The van der Waals surface area contributed by atoms with Crippen molar-refractivity contribution in [1.29, 1.82) is 0 Å². The topological polar surface area (TPSA) is 48.0 Å². The van der Waals surface area contributed by atoms with Crippen LogP contribution in [0.2, 0.25) is 0 Å². The van der Waals surface area contributed by atoms with Gasteiger partial charge >= 0.3 is 6.09 Å². The Labute approximate surface area is 145 Å². The van der Waals surface area contributed by atoms with Crippen LogP contribution in [0.1, 0.15) is 59.3 Å². The average Bonchev–Trinajstić information content (AvgIpc) is 2.76. The van der Waals surface area contributed by atoms with Crippen LogP contribution in [0.5, 0.6) is 0 Å². The zero-order valence-electron chi connectivity index (χ0n) is 15.3. The van der Waals surface area contributed by atoms with E-state index in [0.717, 1.165) is 19.3 Å². The minimum Gasteiger partial charge on any atom is -0.444 e. The van der Waals surface area contributed by atoms with Gasteiger partial charge in [-0.05, 0) is 40.0 Å². The summed E-state index contributed by atoms with van der Waals surface area (Å²) >= 11 is 0. The highest BCUT2D eigenvalue weighted by Crippen LogP contribution is 2.40. The Hall–Kier alpha value is -1.07. The Kier molecular flexibility index (Phi) is 5.21. The number of amides is 1. The molecule has 1 spiro atoms. The van der Waals surface area contributed by atoms with E-state index >= 15 is 0 Å². The van der Waals surface area contributed by atoms with E-state index in [1.807, 2.05) is 20.8 Å². The van der Waals surface area contributed by atoms with E-state index in [1.54, 1.807) is 4.90 Å². The predicted molar refractivity (Wildman–Crippen MR) is 91.7 cm³/mol. The van der Waals surface area contributed by atoms with E-state index in [0.29, 0.717) is 19.7 Å². The van der Waals surface area contributed by atoms with Crippen LogP contribution in [0.3, 0.4) is 0 Å². The summed E-state index contributed by atoms with van der Waals surface area (Å²) in [7, 11) is 0. The third-order valence-electron chi connectivity index (χ3n) is 5.06. The maximum atomic E-state index is 12.4. The second kappa shape index (κ2) is 7.04. The van der Waals surface area contributed by atoms with Crippen LogP contribution in [0.25, 0.3) is 0 Å². The first-order valence-electron chi connectivity index (χ1n) is 9.32. The number of nitrogens with zero attached hydrogens (tertiary/aromatic N) is 1. The van der Waals surface area contributed by atoms with E-state index in [2.05, 4.69) is 12.2 Å². The molecule has 0 aromatic rings. The van der Waals surface area contributed by atoms with Crippen LogP contribution in [0.15, 0.2) is 12.2 Å². The summed E-state index contributed by atoms with van der Waals surface area (Å²) < 4.78 is 18.0. The first-order chi connectivity index (χ1) is 11.4. The molecule has 1 amide bonds. The molecule has 5 heteroatoms. The monoisotopic (exact) mass is 337 g/mol. The number of carbonyl (C=O) groups excluding carboxylic acids is 1. The maximum Gasteiger partial charge on any atom is 0.410 e. The van der Waals surface area contributed by atoms with Crippen LogP contribution in [0, 0.1) is 5.92 Å². The van der Waals surface area contributed by atoms with E-state index in [1.165, 1.54) is 19.3 Å². The summed E-state index contributed by atoms with van der Waals surface area (Å²) in [6.45, 7) is 7.60. The summed E-state index contributed by atoms with van der Waals surface area (Å²) in [5, 5.41) is 0. The molecule has 24 heavy (non-hydrogen) atoms. The van der Waals surface area contributed by atoms with Gasteiger partial charge in [0.2, 0.25) is 0 Å². The van der Waals surface area contributed by atoms with Gasteiger partial charge in [0.25, 0.3) is 0 Å². The number of allylic oxidation sites excluding steroid dienone is 1. The highest BCUT2D eigenvalue weighted by molar-refractivity contribution is 5.68. The third kappa shape index (κ3) is 4.31. The van der Waals surface area contributed by atoms with Crippen LogP contribution in [-0.2, 0) is 14.2 Å². The number of hydrogen-bond acceptors (Lipinski definition) is 4. The lowest BCUT2D eigenvalue weighted by atomic mass is 9.94. The normalized spacial score (nSPS) is 30.4. The molecule has 3 rings (SSSR count). The first kappa shape index (κ1) is 17.7. The van der Waals surface area contributed by atoms with Gasteiger partial charge in [-0.1, -0.05) is 18.6 Å². The second-order valence-corrected chi connectivity index (χ2v) is 8.29. The van der Waals surface area contributed by atoms with Crippen LogP contribution in [-0.4, -0.2) is 48.2 Å². The summed E-state index contributed by atoms with van der Waals surface area (Å²) in [5.41, 5.74) is -0.471. The van der Waals surface area contributed by atoms with Gasteiger partial charge in [-0.2, -0.15) is 0 Å². The largest absolute Gasteiger partial charge is 0.444 e. The van der Waals surface area contributed by atoms with Gasteiger partial charge in [0.1, 0.15) is 5.60 Å². The lowest BCUT2D eigenvalue weighted by Crippen LogP contribution is -2.42. The number of rotatable bonds is 1. The van der Waals surface area contributed by atoms with Crippen molar-refractivity contribution in [2.45, 2.75) is 76.8 Å². The summed E-state index contributed by atoms with van der Waals surface area (Å²) in [6.07, 6.45) is 10.6. The fourth-order valence-corrected chi connectivity index (χ4v) is 3.81. The minimum atomic E-state index is -0.471. The lowest BCUT2D eigenvalue weighted by Gasteiger charge is -2.33. The number of hydrogen-bond donors (Lipinski definition) is 0. The van der Waals surface area contributed by atoms with Crippen LogP contribution >= 0.6 is 0 Å². The molecule has 1 aliphatic carbocycles. The molecule has 0 unspecified atom stereocenters. The molecule has 2 fully saturated rings. The van der Waals surface area contributed by atoms with Crippen molar-refractivity contribution in [3.63, 3.8) is 0 Å². The molecule has 0 radical (unpaired) electrons. The zero-order valence-corrected chi connectivity index (χ0v) is 15.3. The molecule has 2 heterocycles. The summed E-state index contributed by atoms with van der Waals surface area (Å²) in [5.74, 6) is -0.0899. The van der Waals surface area contributed by atoms with Crippen molar-refractivity contribution in [3.8, 4) is 0 Å². The summed E-state index contributed by atoms with van der Waals surface area (Å²) in [4.78, 5) is 14.2. The fraction of sp³-hybridized carbons (Fsp3) is 0.842. The molecule has 0 aromatic carbocycles. The van der Waals surface area contributed by atoms with Gasteiger partial charge < -0.3 is 19.1 Å².